The Morgan fingerprint density at radius 2 is 2.33 bits per heavy atom. The third-order valence-corrected chi connectivity index (χ3v) is 4.13. The van der Waals surface area contributed by atoms with E-state index in [0.717, 1.165) is 25.1 Å². The van der Waals surface area contributed by atoms with Gasteiger partial charge < -0.3 is 11.1 Å². The van der Waals surface area contributed by atoms with E-state index < -0.39 is 0 Å². The molecule has 0 saturated carbocycles. The Bertz CT molecular complexity index is 504. The van der Waals surface area contributed by atoms with Gasteiger partial charge in [-0.05, 0) is 49.9 Å². The van der Waals surface area contributed by atoms with E-state index in [1.54, 1.807) is 19.1 Å². The Labute approximate surface area is 125 Å². The van der Waals surface area contributed by atoms with E-state index in [1.807, 2.05) is 6.92 Å². The molecule has 0 bridgehead atoms. The zero-order valence-electron chi connectivity index (χ0n) is 12.7. The molecule has 2 unspecified atom stereocenters. The summed E-state index contributed by atoms with van der Waals surface area (Å²) in [7, 11) is 0. The van der Waals surface area contributed by atoms with E-state index in [0.29, 0.717) is 24.6 Å². The van der Waals surface area contributed by atoms with Crippen molar-refractivity contribution in [2.45, 2.75) is 32.9 Å². The van der Waals surface area contributed by atoms with E-state index in [1.165, 1.54) is 6.07 Å². The predicted molar refractivity (Wildman–Crippen MR) is 81.2 cm³/mol. The summed E-state index contributed by atoms with van der Waals surface area (Å²) in [5, 5.41) is 2.88. The minimum atomic E-state index is -0.218. The van der Waals surface area contributed by atoms with Crippen molar-refractivity contribution in [2.75, 3.05) is 19.6 Å². The largest absolute Gasteiger partial charge is 0.351 e. The number of aryl methyl sites for hydroxylation is 1. The van der Waals surface area contributed by atoms with Crippen molar-refractivity contribution < 1.29 is 9.18 Å². The maximum Gasteiger partial charge on any atom is 0.234 e. The van der Waals surface area contributed by atoms with Gasteiger partial charge in [-0.15, -0.1) is 0 Å². The summed E-state index contributed by atoms with van der Waals surface area (Å²) in [5.41, 5.74) is 7.41. The van der Waals surface area contributed by atoms with Gasteiger partial charge in [-0.2, -0.15) is 0 Å². The molecule has 4 nitrogen and oxygen atoms in total. The molecule has 116 valence electrons. The fourth-order valence-electron chi connectivity index (χ4n) is 2.71. The molecule has 1 aromatic carbocycles. The summed E-state index contributed by atoms with van der Waals surface area (Å²) in [5.74, 6) is 0.268. The van der Waals surface area contributed by atoms with E-state index in [-0.39, 0.29) is 17.8 Å². The topological polar surface area (TPSA) is 58.4 Å². The molecule has 3 N–H and O–H groups in total. The summed E-state index contributed by atoms with van der Waals surface area (Å²) in [6.07, 6.45) is 1.06. The standard InChI is InChI=1S/C16H24FN3O/c1-11-7-13(3-4-15(11)17)8-19-16(21)10-20-6-5-14(9-20)12(2)18/h3-4,7,12,14H,5-6,8-10,18H2,1-2H3,(H,19,21). The summed E-state index contributed by atoms with van der Waals surface area (Å²) in [6.45, 7) is 6.40. The fourth-order valence-corrected chi connectivity index (χ4v) is 2.71. The van der Waals surface area contributed by atoms with Crippen LogP contribution < -0.4 is 11.1 Å². The number of hydrogen-bond acceptors (Lipinski definition) is 3. The lowest BCUT2D eigenvalue weighted by molar-refractivity contribution is -0.122. The average Bonchev–Trinajstić information content (AvgIpc) is 2.89. The molecule has 1 fully saturated rings. The summed E-state index contributed by atoms with van der Waals surface area (Å²) in [4.78, 5) is 14.1. The van der Waals surface area contributed by atoms with Gasteiger partial charge in [0.1, 0.15) is 5.82 Å². The van der Waals surface area contributed by atoms with Gasteiger partial charge in [0, 0.05) is 19.1 Å². The third kappa shape index (κ3) is 4.51. The van der Waals surface area contributed by atoms with E-state index in [4.69, 9.17) is 5.73 Å². The second-order valence-corrected chi connectivity index (χ2v) is 6.00. The Balaban J connectivity index is 1.76. The lowest BCUT2D eigenvalue weighted by atomic mass is 10.0. The molecule has 1 saturated heterocycles. The molecule has 0 spiro atoms. The Kier molecular flexibility index (Phi) is 5.31. The molecule has 1 aliphatic rings. The van der Waals surface area contributed by atoms with Crippen molar-refractivity contribution in [3.63, 3.8) is 0 Å². The molecule has 1 aromatic rings. The number of likely N-dealkylation sites (tertiary alicyclic amines) is 1. The Hall–Kier alpha value is -1.46. The second-order valence-electron chi connectivity index (χ2n) is 6.00. The van der Waals surface area contributed by atoms with Crippen LogP contribution in [0.25, 0.3) is 0 Å². The van der Waals surface area contributed by atoms with Crippen molar-refractivity contribution in [3.05, 3.63) is 35.1 Å². The smallest absolute Gasteiger partial charge is 0.234 e. The minimum Gasteiger partial charge on any atom is -0.351 e. The lowest BCUT2D eigenvalue weighted by Crippen LogP contribution is -2.37. The molecule has 1 amide bonds. The highest BCUT2D eigenvalue weighted by atomic mass is 19.1. The molecule has 1 heterocycles. The Morgan fingerprint density at radius 1 is 1.57 bits per heavy atom. The highest BCUT2D eigenvalue weighted by molar-refractivity contribution is 5.78. The van der Waals surface area contributed by atoms with Crippen LogP contribution in [0.15, 0.2) is 18.2 Å². The van der Waals surface area contributed by atoms with Gasteiger partial charge >= 0.3 is 0 Å². The van der Waals surface area contributed by atoms with Crippen LogP contribution in [0, 0.1) is 18.7 Å². The number of halogens is 1. The van der Waals surface area contributed by atoms with Gasteiger partial charge in [0.25, 0.3) is 0 Å². The highest BCUT2D eigenvalue weighted by Crippen LogP contribution is 2.18. The van der Waals surface area contributed by atoms with Crippen molar-refractivity contribution in [2.24, 2.45) is 11.7 Å². The first-order chi connectivity index (χ1) is 9.95. The van der Waals surface area contributed by atoms with Crippen LogP contribution in [-0.4, -0.2) is 36.5 Å². The normalized spacial score (nSPS) is 20.5. The van der Waals surface area contributed by atoms with E-state index in [2.05, 4.69) is 10.2 Å². The molecular weight excluding hydrogens is 269 g/mol. The summed E-state index contributed by atoms with van der Waals surface area (Å²) >= 11 is 0. The highest BCUT2D eigenvalue weighted by Gasteiger charge is 2.26. The van der Waals surface area contributed by atoms with Crippen molar-refractivity contribution in [3.8, 4) is 0 Å². The van der Waals surface area contributed by atoms with Crippen LogP contribution in [-0.2, 0) is 11.3 Å². The van der Waals surface area contributed by atoms with Gasteiger partial charge in [-0.1, -0.05) is 12.1 Å². The van der Waals surface area contributed by atoms with Crippen molar-refractivity contribution in [1.82, 2.24) is 10.2 Å². The second kappa shape index (κ2) is 7.00. The van der Waals surface area contributed by atoms with Crippen LogP contribution in [0.2, 0.25) is 0 Å². The van der Waals surface area contributed by atoms with E-state index in [9.17, 15) is 9.18 Å². The molecular formula is C16H24FN3O. The number of carbonyl (C=O) groups excluding carboxylic acids is 1. The van der Waals surface area contributed by atoms with Gasteiger partial charge in [0.05, 0.1) is 6.54 Å². The third-order valence-electron chi connectivity index (χ3n) is 4.13. The molecule has 0 radical (unpaired) electrons. The van der Waals surface area contributed by atoms with Crippen molar-refractivity contribution in [1.29, 1.82) is 0 Å². The van der Waals surface area contributed by atoms with Gasteiger partial charge in [-0.25, -0.2) is 4.39 Å². The van der Waals surface area contributed by atoms with Crippen LogP contribution in [0.4, 0.5) is 4.39 Å². The monoisotopic (exact) mass is 293 g/mol. The molecule has 1 aliphatic heterocycles. The lowest BCUT2D eigenvalue weighted by Gasteiger charge is -2.17. The fraction of sp³-hybridized carbons (Fsp3) is 0.562. The maximum absolute atomic E-state index is 13.2. The number of nitrogens with zero attached hydrogens (tertiary/aromatic N) is 1. The van der Waals surface area contributed by atoms with E-state index >= 15 is 0 Å². The minimum absolute atomic E-state index is 0.00213. The van der Waals surface area contributed by atoms with Crippen LogP contribution in [0.1, 0.15) is 24.5 Å². The first-order valence-corrected chi connectivity index (χ1v) is 7.45. The number of rotatable bonds is 5. The zero-order valence-corrected chi connectivity index (χ0v) is 12.7. The van der Waals surface area contributed by atoms with Crippen molar-refractivity contribution >= 4 is 5.91 Å². The molecule has 5 heteroatoms. The summed E-state index contributed by atoms with van der Waals surface area (Å²) < 4.78 is 13.2. The molecule has 0 aliphatic carbocycles. The Morgan fingerprint density at radius 3 is 2.95 bits per heavy atom. The zero-order chi connectivity index (χ0) is 15.4. The quantitative estimate of drug-likeness (QED) is 0.863. The number of hydrogen-bond donors (Lipinski definition) is 2. The first-order valence-electron chi connectivity index (χ1n) is 7.45. The number of carbonyl (C=O) groups is 1. The van der Waals surface area contributed by atoms with Gasteiger partial charge in [0.2, 0.25) is 5.91 Å². The first kappa shape index (κ1) is 15.9. The summed E-state index contributed by atoms with van der Waals surface area (Å²) in [6, 6.07) is 5.08. The molecule has 2 rings (SSSR count). The number of nitrogens with one attached hydrogen (secondary N) is 1. The predicted octanol–water partition coefficient (Wildman–Crippen LogP) is 1.42. The van der Waals surface area contributed by atoms with Gasteiger partial charge in [0.15, 0.2) is 0 Å². The average molecular weight is 293 g/mol. The molecule has 21 heavy (non-hydrogen) atoms. The molecule has 0 aromatic heterocycles. The SMILES string of the molecule is Cc1cc(CNC(=O)CN2CCC(C(C)N)C2)ccc1F. The van der Waals surface area contributed by atoms with Crippen LogP contribution >= 0.6 is 0 Å². The molecule has 2 atom stereocenters. The number of benzene rings is 1. The van der Waals surface area contributed by atoms with Crippen LogP contribution in [0.5, 0.6) is 0 Å². The number of nitrogens with two attached hydrogens (primary N) is 1. The number of amides is 1. The van der Waals surface area contributed by atoms with Gasteiger partial charge in [-0.3, -0.25) is 9.69 Å². The maximum atomic E-state index is 13.2. The van der Waals surface area contributed by atoms with Crippen LogP contribution in [0.3, 0.4) is 0 Å².